The van der Waals surface area contributed by atoms with Crippen molar-refractivity contribution in [3.8, 4) is 0 Å². The van der Waals surface area contributed by atoms with E-state index in [1.165, 1.54) is 0 Å². The number of carboxylic acid groups (broad SMARTS) is 1. The number of hydrogen-bond donors (Lipinski definition) is 3. The molecule has 18 heavy (non-hydrogen) atoms. The van der Waals surface area contributed by atoms with Crippen LogP contribution in [0.2, 0.25) is 0 Å². The van der Waals surface area contributed by atoms with Gasteiger partial charge < -0.3 is 16.2 Å². The van der Waals surface area contributed by atoms with Crippen molar-refractivity contribution in [3.05, 3.63) is 0 Å². The molecule has 0 aliphatic heterocycles. The zero-order valence-electron chi connectivity index (χ0n) is 11.8. The van der Waals surface area contributed by atoms with Gasteiger partial charge in [0.1, 0.15) is 6.04 Å². The Morgan fingerprint density at radius 2 is 1.89 bits per heavy atom. The van der Waals surface area contributed by atoms with Crippen molar-refractivity contribution in [2.24, 2.45) is 11.1 Å². The van der Waals surface area contributed by atoms with Gasteiger partial charge >= 0.3 is 5.97 Å². The van der Waals surface area contributed by atoms with Gasteiger partial charge in [-0.1, -0.05) is 34.1 Å². The van der Waals surface area contributed by atoms with Gasteiger partial charge in [0.05, 0.1) is 0 Å². The van der Waals surface area contributed by atoms with Crippen LogP contribution in [0.1, 0.15) is 53.4 Å². The highest BCUT2D eigenvalue weighted by Gasteiger charge is 2.22. The Morgan fingerprint density at radius 1 is 1.33 bits per heavy atom. The summed E-state index contributed by atoms with van der Waals surface area (Å²) in [5.41, 5.74) is 5.94. The summed E-state index contributed by atoms with van der Waals surface area (Å²) in [4.78, 5) is 22.6. The molecule has 0 aliphatic rings. The third-order valence-electron chi connectivity index (χ3n) is 2.53. The third kappa shape index (κ3) is 8.06. The number of hydrogen-bond acceptors (Lipinski definition) is 3. The Balaban J connectivity index is 4.20. The van der Waals surface area contributed by atoms with Gasteiger partial charge in [0.15, 0.2) is 0 Å². The van der Waals surface area contributed by atoms with E-state index in [4.69, 9.17) is 10.8 Å². The second-order valence-electron chi connectivity index (χ2n) is 5.98. The molecule has 106 valence electrons. The normalized spacial score (nSPS) is 14.9. The predicted octanol–water partition coefficient (Wildman–Crippen LogP) is 1.51. The van der Waals surface area contributed by atoms with Gasteiger partial charge in [0, 0.05) is 12.5 Å². The number of carbonyl (C=O) groups excluding carboxylic acids is 1. The fourth-order valence-electron chi connectivity index (χ4n) is 1.90. The molecular weight excluding hydrogens is 232 g/mol. The van der Waals surface area contributed by atoms with E-state index in [0.717, 1.165) is 6.42 Å². The maximum atomic E-state index is 11.7. The lowest BCUT2D eigenvalue weighted by atomic mass is 9.87. The minimum atomic E-state index is -0.991. The highest BCUT2D eigenvalue weighted by molar-refractivity contribution is 5.83. The number of aliphatic carboxylic acids is 1. The van der Waals surface area contributed by atoms with Crippen LogP contribution in [0.15, 0.2) is 0 Å². The first-order valence-corrected chi connectivity index (χ1v) is 6.43. The summed E-state index contributed by atoms with van der Waals surface area (Å²) in [7, 11) is 0. The second kappa shape index (κ2) is 7.36. The highest BCUT2D eigenvalue weighted by Crippen LogP contribution is 2.20. The van der Waals surface area contributed by atoms with Crippen molar-refractivity contribution in [1.82, 2.24) is 5.32 Å². The predicted molar refractivity (Wildman–Crippen MR) is 71.1 cm³/mol. The Bertz CT molecular complexity index is 284. The number of rotatable bonds is 7. The van der Waals surface area contributed by atoms with Crippen molar-refractivity contribution >= 4 is 11.9 Å². The fourth-order valence-corrected chi connectivity index (χ4v) is 1.90. The van der Waals surface area contributed by atoms with E-state index in [1.54, 1.807) is 0 Å². The molecule has 1 amide bonds. The van der Waals surface area contributed by atoms with Crippen molar-refractivity contribution in [2.75, 3.05) is 0 Å². The summed E-state index contributed by atoms with van der Waals surface area (Å²) in [6.45, 7) is 8.05. The number of carbonyl (C=O) groups is 2. The van der Waals surface area contributed by atoms with E-state index in [2.05, 4.69) is 26.1 Å². The van der Waals surface area contributed by atoms with Crippen LogP contribution < -0.4 is 11.1 Å². The van der Waals surface area contributed by atoms with Crippen molar-refractivity contribution in [1.29, 1.82) is 0 Å². The molecular formula is C13H26N2O3. The zero-order chi connectivity index (χ0) is 14.3. The molecule has 0 aromatic rings. The molecule has 0 aliphatic carbocycles. The van der Waals surface area contributed by atoms with Crippen molar-refractivity contribution < 1.29 is 14.7 Å². The van der Waals surface area contributed by atoms with Crippen LogP contribution in [-0.4, -0.2) is 29.1 Å². The van der Waals surface area contributed by atoms with Crippen LogP contribution in [0.4, 0.5) is 0 Å². The van der Waals surface area contributed by atoms with Crippen molar-refractivity contribution in [2.45, 2.75) is 65.5 Å². The number of nitrogens with two attached hydrogens (primary N) is 1. The number of nitrogens with one attached hydrogen (secondary N) is 1. The van der Waals surface area contributed by atoms with E-state index < -0.39 is 12.0 Å². The lowest BCUT2D eigenvalue weighted by molar-refractivity contribution is -0.142. The van der Waals surface area contributed by atoms with Crippen LogP contribution in [0, 0.1) is 5.41 Å². The maximum Gasteiger partial charge on any atom is 0.326 e. The van der Waals surface area contributed by atoms with Gasteiger partial charge in [-0.2, -0.15) is 0 Å². The Labute approximate surface area is 109 Å². The topological polar surface area (TPSA) is 92.4 Å². The first kappa shape index (κ1) is 16.9. The first-order valence-electron chi connectivity index (χ1n) is 6.43. The minimum Gasteiger partial charge on any atom is -0.480 e. The minimum absolute atomic E-state index is 0.0648. The van der Waals surface area contributed by atoms with Crippen molar-refractivity contribution in [3.63, 3.8) is 0 Å². The standard InChI is InChI=1S/C13H26N2O3/c1-5-6-10(12(17)18)15-11(16)7-9(14)8-13(2,3)4/h9-10H,5-8,14H2,1-4H3,(H,15,16)(H,17,18)/t9?,10-/m0/s1. The average molecular weight is 258 g/mol. The van der Waals surface area contributed by atoms with Gasteiger partial charge in [0.25, 0.3) is 0 Å². The van der Waals surface area contributed by atoms with E-state index in [1.807, 2.05) is 6.92 Å². The highest BCUT2D eigenvalue weighted by atomic mass is 16.4. The molecule has 0 saturated heterocycles. The molecule has 0 aromatic carbocycles. The molecule has 0 rings (SSSR count). The lowest BCUT2D eigenvalue weighted by Gasteiger charge is -2.23. The molecule has 0 spiro atoms. The van der Waals surface area contributed by atoms with Crippen LogP contribution in [0.3, 0.4) is 0 Å². The van der Waals surface area contributed by atoms with Crippen LogP contribution >= 0.6 is 0 Å². The molecule has 2 atom stereocenters. The summed E-state index contributed by atoms with van der Waals surface area (Å²) < 4.78 is 0. The van der Waals surface area contributed by atoms with E-state index >= 15 is 0 Å². The van der Waals surface area contributed by atoms with E-state index in [0.29, 0.717) is 12.8 Å². The Kier molecular flexibility index (Phi) is 6.91. The molecule has 0 bridgehead atoms. The smallest absolute Gasteiger partial charge is 0.326 e. The summed E-state index contributed by atoms with van der Waals surface area (Å²) in [5.74, 6) is -1.28. The zero-order valence-corrected chi connectivity index (χ0v) is 11.8. The molecule has 5 nitrogen and oxygen atoms in total. The van der Waals surface area contributed by atoms with Gasteiger partial charge in [-0.05, 0) is 18.3 Å². The molecule has 0 saturated carbocycles. The van der Waals surface area contributed by atoms with Gasteiger partial charge in [-0.15, -0.1) is 0 Å². The summed E-state index contributed by atoms with van der Waals surface area (Å²) in [6, 6.07) is -1.04. The van der Waals surface area contributed by atoms with Crippen LogP contribution in [0.5, 0.6) is 0 Å². The SMILES string of the molecule is CCC[C@H](NC(=O)CC(N)CC(C)(C)C)C(=O)O. The van der Waals surface area contributed by atoms with E-state index in [-0.39, 0.29) is 23.8 Å². The van der Waals surface area contributed by atoms with Crippen LogP contribution in [0.25, 0.3) is 0 Å². The molecule has 0 heterocycles. The van der Waals surface area contributed by atoms with Gasteiger partial charge in [-0.25, -0.2) is 4.79 Å². The molecule has 1 unspecified atom stereocenters. The average Bonchev–Trinajstić information content (AvgIpc) is 2.13. The maximum absolute atomic E-state index is 11.7. The lowest BCUT2D eigenvalue weighted by Crippen LogP contribution is -2.43. The van der Waals surface area contributed by atoms with Gasteiger partial charge in [-0.3, -0.25) is 4.79 Å². The number of amides is 1. The quantitative estimate of drug-likeness (QED) is 0.645. The molecule has 0 radical (unpaired) electrons. The largest absolute Gasteiger partial charge is 0.480 e. The molecule has 5 heteroatoms. The third-order valence-corrected chi connectivity index (χ3v) is 2.53. The van der Waals surface area contributed by atoms with Crippen LogP contribution in [-0.2, 0) is 9.59 Å². The summed E-state index contributed by atoms with van der Waals surface area (Å²) in [5, 5.41) is 11.4. The monoisotopic (exact) mass is 258 g/mol. The number of carboxylic acids is 1. The Morgan fingerprint density at radius 3 is 2.28 bits per heavy atom. The van der Waals surface area contributed by atoms with Gasteiger partial charge in [0.2, 0.25) is 5.91 Å². The molecule has 0 aromatic heterocycles. The molecule has 0 fully saturated rings. The fraction of sp³-hybridized carbons (Fsp3) is 0.846. The summed E-state index contributed by atoms with van der Waals surface area (Å²) in [6.07, 6.45) is 2.05. The Hall–Kier alpha value is -1.10. The summed E-state index contributed by atoms with van der Waals surface area (Å²) >= 11 is 0. The van der Waals surface area contributed by atoms with E-state index in [9.17, 15) is 9.59 Å². The second-order valence-corrected chi connectivity index (χ2v) is 5.98. The first-order chi connectivity index (χ1) is 8.15. The molecule has 4 N–H and O–H groups in total.